The van der Waals surface area contributed by atoms with E-state index in [1.165, 1.54) is 13.0 Å². The molecule has 0 spiro atoms. The van der Waals surface area contributed by atoms with Gasteiger partial charge in [-0.2, -0.15) is 13.2 Å². The van der Waals surface area contributed by atoms with E-state index >= 15 is 0 Å². The Morgan fingerprint density at radius 2 is 1.88 bits per heavy atom. The zero-order valence-electron chi connectivity index (χ0n) is 8.63. The summed E-state index contributed by atoms with van der Waals surface area (Å²) in [6, 6.07) is 2.57. The lowest BCUT2D eigenvalue weighted by Crippen LogP contribution is -2.11. The van der Waals surface area contributed by atoms with Crippen molar-refractivity contribution in [3.63, 3.8) is 0 Å². The molecule has 0 aliphatic carbocycles. The van der Waals surface area contributed by atoms with Crippen LogP contribution in [0.15, 0.2) is 27.4 Å². The maximum atomic E-state index is 12.7. The smallest absolute Gasteiger partial charge is 0.417 e. The van der Waals surface area contributed by atoms with Gasteiger partial charge >= 0.3 is 11.8 Å². The Morgan fingerprint density at radius 1 is 1.24 bits per heavy atom. The lowest BCUT2D eigenvalue weighted by molar-refractivity contribution is -0.136. The monoisotopic (exact) mass is 244 g/mol. The van der Waals surface area contributed by atoms with Crippen LogP contribution in [0, 0.1) is 6.92 Å². The molecule has 17 heavy (non-hydrogen) atoms. The van der Waals surface area contributed by atoms with Crippen molar-refractivity contribution in [2.75, 3.05) is 0 Å². The largest absolute Gasteiger partial charge is 0.508 e. The van der Waals surface area contributed by atoms with Crippen molar-refractivity contribution >= 4 is 11.0 Å². The molecule has 1 aromatic heterocycles. The van der Waals surface area contributed by atoms with Crippen LogP contribution in [-0.2, 0) is 6.18 Å². The molecule has 0 bridgehead atoms. The minimum Gasteiger partial charge on any atom is -0.508 e. The summed E-state index contributed by atoms with van der Waals surface area (Å²) in [6.07, 6.45) is -4.64. The topological polar surface area (TPSA) is 50.4 Å². The molecule has 0 radical (unpaired) electrons. The molecule has 0 saturated heterocycles. The van der Waals surface area contributed by atoms with Crippen LogP contribution in [0.2, 0.25) is 0 Å². The van der Waals surface area contributed by atoms with Crippen LogP contribution in [0.25, 0.3) is 11.0 Å². The van der Waals surface area contributed by atoms with Gasteiger partial charge in [0.25, 0.3) is 0 Å². The molecule has 0 atom stereocenters. The third kappa shape index (κ3) is 1.98. The van der Waals surface area contributed by atoms with Gasteiger partial charge in [0.1, 0.15) is 11.3 Å². The SMILES string of the molecule is Cc1cc(O)cc2oc(=O)cc(C(F)(F)F)c12. The van der Waals surface area contributed by atoms with Crippen LogP contribution < -0.4 is 5.63 Å². The Kier molecular flexibility index (Phi) is 2.38. The van der Waals surface area contributed by atoms with E-state index in [2.05, 4.69) is 4.42 Å². The summed E-state index contributed by atoms with van der Waals surface area (Å²) in [4.78, 5) is 11.0. The van der Waals surface area contributed by atoms with Gasteiger partial charge in [0.15, 0.2) is 0 Å². The number of aryl methyl sites for hydroxylation is 1. The quantitative estimate of drug-likeness (QED) is 0.725. The fourth-order valence-corrected chi connectivity index (χ4v) is 1.71. The molecule has 1 aromatic carbocycles. The van der Waals surface area contributed by atoms with Gasteiger partial charge in [0, 0.05) is 17.5 Å². The van der Waals surface area contributed by atoms with Crippen LogP contribution in [0.1, 0.15) is 11.1 Å². The highest BCUT2D eigenvalue weighted by atomic mass is 19.4. The average Bonchev–Trinajstić information content (AvgIpc) is 2.13. The molecule has 1 heterocycles. The van der Waals surface area contributed by atoms with Crippen LogP contribution in [0.4, 0.5) is 13.2 Å². The third-order valence-corrected chi connectivity index (χ3v) is 2.33. The van der Waals surface area contributed by atoms with Crippen LogP contribution in [0.5, 0.6) is 5.75 Å². The predicted molar refractivity (Wildman–Crippen MR) is 53.9 cm³/mol. The number of hydrogen-bond donors (Lipinski definition) is 1. The summed E-state index contributed by atoms with van der Waals surface area (Å²) >= 11 is 0. The average molecular weight is 244 g/mol. The number of hydrogen-bond acceptors (Lipinski definition) is 3. The summed E-state index contributed by atoms with van der Waals surface area (Å²) in [7, 11) is 0. The second-order valence-corrected chi connectivity index (χ2v) is 3.61. The van der Waals surface area contributed by atoms with Gasteiger partial charge < -0.3 is 9.52 Å². The Hall–Kier alpha value is -1.98. The van der Waals surface area contributed by atoms with E-state index in [1.54, 1.807) is 0 Å². The van der Waals surface area contributed by atoms with Gasteiger partial charge in [-0.25, -0.2) is 4.79 Å². The summed E-state index contributed by atoms with van der Waals surface area (Å²) < 4.78 is 42.8. The molecule has 0 fully saturated rings. The molecule has 0 unspecified atom stereocenters. The van der Waals surface area contributed by atoms with Gasteiger partial charge in [-0.15, -0.1) is 0 Å². The molecule has 2 aromatic rings. The number of phenolic OH excluding ortho intramolecular Hbond substituents is 1. The number of alkyl halides is 3. The van der Waals surface area contributed by atoms with Crippen molar-refractivity contribution in [2.45, 2.75) is 13.1 Å². The number of benzene rings is 1. The van der Waals surface area contributed by atoms with Crippen molar-refractivity contribution in [3.8, 4) is 5.75 Å². The van der Waals surface area contributed by atoms with Crippen molar-refractivity contribution in [3.05, 3.63) is 39.7 Å². The Bertz CT molecular complexity index is 641. The zero-order chi connectivity index (χ0) is 12.8. The first-order valence-electron chi connectivity index (χ1n) is 4.63. The molecular formula is C11H7F3O3. The Morgan fingerprint density at radius 3 is 2.47 bits per heavy atom. The summed E-state index contributed by atoms with van der Waals surface area (Å²) in [5, 5.41) is 9.04. The second kappa shape index (κ2) is 3.51. The lowest BCUT2D eigenvalue weighted by atomic mass is 10.0. The molecule has 2 rings (SSSR count). The molecule has 6 heteroatoms. The number of fused-ring (bicyclic) bond motifs is 1. The van der Waals surface area contributed by atoms with E-state index in [0.29, 0.717) is 6.07 Å². The Balaban J connectivity index is 2.98. The van der Waals surface area contributed by atoms with Crippen molar-refractivity contribution in [1.29, 1.82) is 0 Å². The highest BCUT2D eigenvalue weighted by Crippen LogP contribution is 2.36. The normalized spacial score (nSPS) is 12.0. The van der Waals surface area contributed by atoms with E-state index < -0.39 is 17.4 Å². The second-order valence-electron chi connectivity index (χ2n) is 3.61. The van der Waals surface area contributed by atoms with Gasteiger partial charge in [0.05, 0.1) is 5.56 Å². The highest BCUT2D eigenvalue weighted by Gasteiger charge is 2.34. The van der Waals surface area contributed by atoms with Gasteiger partial charge in [-0.1, -0.05) is 0 Å². The molecular weight excluding hydrogens is 237 g/mol. The van der Waals surface area contributed by atoms with Gasteiger partial charge in [-0.3, -0.25) is 0 Å². The first kappa shape index (κ1) is 11.5. The number of aromatic hydroxyl groups is 1. The van der Waals surface area contributed by atoms with Crippen molar-refractivity contribution in [2.24, 2.45) is 0 Å². The van der Waals surface area contributed by atoms with Crippen molar-refractivity contribution < 1.29 is 22.7 Å². The molecule has 3 nitrogen and oxygen atoms in total. The fraction of sp³-hybridized carbons (Fsp3) is 0.182. The van der Waals surface area contributed by atoms with Crippen LogP contribution in [0.3, 0.4) is 0 Å². The molecule has 0 amide bonds. The standard InChI is InChI=1S/C11H7F3O3/c1-5-2-6(15)3-8-10(5)7(11(12,13)14)4-9(16)17-8/h2-4,15H,1H3. The zero-order valence-corrected chi connectivity index (χ0v) is 8.63. The van der Waals surface area contributed by atoms with Crippen LogP contribution in [-0.4, -0.2) is 5.11 Å². The maximum absolute atomic E-state index is 12.7. The molecule has 0 aliphatic rings. The first-order chi connectivity index (χ1) is 7.79. The Labute approximate surface area is 93.1 Å². The third-order valence-electron chi connectivity index (χ3n) is 2.33. The number of halogens is 3. The van der Waals surface area contributed by atoms with E-state index in [0.717, 1.165) is 6.07 Å². The summed E-state index contributed by atoms with van der Waals surface area (Å²) in [5.74, 6) is -0.252. The van der Waals surface area contributed by atoms with E-state index in [-0.39, 0.29) is 22.3 Å². The van der Waals surface area contributed by atoms with E-state index in [1.807, 2.05) is 0 Å². The van der Waals surface area contributed by atoms with E-state index in [9.17, 15) is 23.1 Å². The van der Waals surface area contributed by atoms with Crippen LogP contribution >= 0.6 is 0 Å². The minimum absolute atomic E-state index is 0.191. The van der Waals surface area contributed by atoms with E-state index in [4.69, 9.17) is 0 Å². The molecule has 0 aliphatic heterocycles. The number of rotatable bonds is 0. The first-order valence-corrected chi connectivity index (χ1v) is 4.63. The van der Waals surface area contributed by atoms with Gasteiger partial charge in [0.2, 0.25) is 0 Å². The predicted octanol–water partition coefficient (Wildman–Crippen LogP) is 2.83. The summed E-state index contributed by atoms with van der Waals surface area (Å²) in [6.45, 7) is 1.40. The maximum Gasteiger partial charge on any atom is 0.417 e. The fourth-order valence-electron chi connectivity index (χ4n) is 1.71. The molecule has 1 N–H and O–H groups in total. The molecule has 0 saturated carbocycles. The number of phenols is 1. The minimum atomic E-state index is -4.64. The van der Waals surface area contributed by atoms with Crippen molar-refractivity contribution in [1.82, 2.24) is 0 Å². The molecule has 90 valence electrons. The van der Waals surface area contributed by atoms with Gasteiger partial charge in [-0.05, 0) is 18.6 Å². The highest BCUT2D eigenvalue weighted by molar-refractivity contribution is 5.85. The summed E-state index contributed by atoms with van der Waals surface area (Å²) in [5.41, 5.74) is -2.24. The lowest BCUT2D eigenvalue weighted by Gasteiger charge is -2.11.